The van der Waals surface area contributed by atoms with Crippen molar-refractivity contribution in [2.24, 2.45) is 0 Å². The third kappa shape index (κ3) is 14.5. The molecule has 0 heterocycles. The summed E-state index contributed by atoms with van der Waals surface area (Å²) in [6.45, 7) is 0. The van der Waals surface area contributed by atoms with Crippen LogP contribution in [0.2, 0.25) is 0 Å². The van der Waals surface area contributed by atoms with Gasteiger partial charge in [-0.3, -0.25) is 0 Å². The monoisotopic (exact) mass is 1450 g/mol. The van der Waals surface area contributed by atoms with Crippen molar-refractivity contribution in [3.05, 3.63) is 473 Å². The molecule has 20 rings (SSSR count). The number of hydrogen-bond acceptors (Lipinski definition) is 2. The van der Waals surface area contributed by atoms with E-state index in [0.717, 1.165) is 34.1 Å². The summed E-state index contributed by atoms with van der Waals surface area (Å²) in [7, 11) is 0. The van der Waals surface area contributed by atoms with E-state index in [1.807, 2.05) is 0 Å². The Morgan fingerprint density at radius 3 is 0.614 bits per heavy atom. The van der Waals surface area contributed by atoms with E-state index in [9.17, 15) is 0 Å². The molecule has 0 spiro atoms. The zero-order chi connectivity index (χ0) is 75.9. The molecule has 114 heavy (non-hydrogen) atoms. The largest absolute Gasteiger partial charge is 0.311 e. The summed E-state index contributed by atoms with van der Waals surface area (Å²) in [5, 5.41) is 10.1. The summed E-state index contributed by atoms with van der Waals surface area (Å²) in [4.78, 5) is 4.70. The first-order valence-electron chi connectivity index (χ1n) is 39.2. The van der Waals surface area contributed by atoms with E-state index >= 15 is 0 Å². The highest BCUT2D eigenvalue weighted by Gasteiger charge is 2.19. The van der Waals surface area contributed by atoms with Crippen molar-refractivity contribution in [2.75, 3.05) is 9.80 Å². The Labute approximate surface area is 667 Å². The van der Waals surface area contributed by atoms with Crippen LogP contribution < -0.4 is 9.80 Å². The minimum atomic E-state index is 1.09. The molecule has 0 radical (unpaired) electrons. The van der Waals surface area contributed by atoms with Crippen LogP contribution in [0.4, 0.5) is 34.1 Å². The topological polar surface area (TPSA) is 6.48 Å². The van der Waals surface area contributed by atoms with Crippen LogP contribution in [0.1, 0.15) is 0 Å². The Morgan fingerprint density at radius 2 is 0.298 bits per heavy atom. The molecule has 2 heteroatoms. The quantitative estimate of drug-likeness (QED) is 0.0951. The van der Waals surface area contributed by atoms with Crippen LogP contribution in [0, 0.1) is 0 Å². The van der Waals surface area contributed by atoms with Gasteiger partial charge in [0.25, 0.3) is 0 Å². The fourth-order valence-corrected chi connectivity index (χ4v) is 16.2. The highest BCUT2D eigenvalue weighted by molar-refractivity contribution is 6.00. The first-order valence-corrected chi connectivity index (χ1v) is 39.2. The third-order valence-electron chi connectivity index (χ3n) is 22.2. The molecule has 20 aromatic carbocycles. The summed E-state index contributed by atoms with van der Waals surface area (Å²) in [6.07, 6.45) is 0. The van der Waals surface area contributed by atoms with Gasteiger partial charge in [0.1, 0.15) is 0 Å². The molecular weight excluding hydrogens is 1370 g/mol. The van der Waals surface area contributed by atoms with Crippen molar-refractivity contribution in [2.45, 2.75) is 0 Å². The van der Waals surface area contributed by atoms with Crippen molar-refractivity contribution >= 4 is 77.2 Å². The molecule has 0 saturated carbocycles. The fourth-order valence-electron chi connectivity index (χ4n) is 16.2. The lowest BCUT2D eigenvalue weighted by molar-refractivity contribution is 1.28. The van der Waals surface area contributed by atoms with Crippen molar-refractivity contribution in [3.63, 3.8) is 0 Å². The van der Waals surface area contributed by atoms with Gasteiger partial charge in [-0.1, -0.05) is 382 Å². The predicted molar refractivity (Wildman–Crippen MR) is 487 cm³/mol. The van der Waals surface area contributed by atoms with Crippen molar-refractivity contribution in [1.82, 2.24) is 0 Å². The van der Waals surface area contributed by atoms with Gasteiger partial charge in [-0.15, -0.1) is 0 Å². The molecule has 2 nitrogen and oxygen atoms in total. The maximum atomic E-state index is 2.35. The van der Waals surface area contributed by atoms with Crippen LogP contribution in [-0.4, -0.2) is 0 Å². The van der Waals surface area contributed by atoms with Gasteiger partial charge in [-0.25, -0.2) is 0 Å². The van der Waals surface area contributed by atoms with Gasteiger partial charge in [0.05, 0.1) is 0 Å². The Kier molecular flexibility index (Phi) is 19.2. The normalized spacial score (nSPS) is 11.2. The maximum absolute atomic E-state index is 2.35. The molecule has 0 atom stereocenters. The molecule has 0 amide bonds. The van der Waals surface area contributed by atoms with Gasteiger partial charge in [-0.2, -0.15) is 0 Å². The van der Waals surface area contributed by atoms with E-state index in [4.69, 9.17) is 0 Å². The van der Waals surface area contributed by atoms with E-state index < -0.39 is 0 Å². The van der Waals surface area contributed by atoms with E-state index in [1.54, 1.807) is 0 Å². The average Bonchev–Trinajstić information content (AvgIpc) is 0.788. The Hall–Kier alpha value is -15.0. The molecule has 20 aromatic rings. The highest BCUT2D eigenvalue weighted by Crippen LogP contribution is 2.43. The van der Waals surface area contributed by atoms with Gasteiger partial charge >= 0.3 is 0 Å². The Bertz CT molecular complexity index is 6570. The second-order valence-corrected chi connectivity index (χ2v) is 29.1. The summed E-state index contributed by atoms with van der Waals surface area (Å²) in [6, 6.07) is 171. The van der Waals surface area contributed by atoms with Crippen molar-refractivity contribution < 1.29 is 0 Å². The molecule has 0 fully saturated rings. The smallest absolute Gasteiger partial charge is 0.0462 e. The zero-order valence-electron chi connectivity index (χ0n) is 62.9. The number of anilines is 6. The highest BCUT2D eigenvalue weighted by atomic mass is 15.1. The first kappa shape index (κ1) is 69.5. The van der Waals surface area contributed by atoms with Gasteiger partial charge in [-0.05, 0) is 245 Å². The lowest BCUT2D eigenvalue weighted by Crippen LogP contribution is -2.09. The van der Waals surface area contributed by atoms with Crippen LogP contribution in [0.3, 0.4) is 0 Å². The average molecular weight is 1450 g/mol. The van der Waals surface area contributed by atoms with Crippen LogP contribution in [0.15, 0.2) is 473 Å². The summed E-state index contributed by atoms with van der Waals surface area (Å²) >= 11 is 0. The summed E-state index contributed by atoms with van der Waals surface area (Å²) in [5.74, 6) is 0. The van der Waals surface area contributed by atoms with Crippen LogP contribution >= 0.6 is 0 Å². The molecule has 536 valence electrons. The van der Waals surface area contributed by atoms with Gasteiger partial charge in [0, 0.05) is 34.1 Å². The molecule has 0 aliphatic carbocycles. The summed E-state index contributed by atoms with van der Waals surface area (Å²) < 4.78 is 0. The second-order valence-electron chi connectivity index (χ2n) is 29.1. The van der Waals surface area contributed by atoms with Crippen molar-refractivity contribution in [3.8, 4) is 111 Å². The molecule has 0 saturated heterocycles. The maximum Gasteiger partial charge on any atom is 0.0462 e. The van der Waals surface area contributed by atoms with E-state index in [2.05, 4.69) is 483 Å². The minimum Gasteiger partial charge on any atom is -0.311 e. The zero-order valence-corrected chi connectivity index (χ0v) is 62.9. The van der Waals surface area contributed by atoms with E-state index in [1.165, 1.54) is 154 Å². The van der Waals surface area contributed by atoms with Crippen LogP contribution in [0.25, 0.3) is 154 Å². The lowest BCUT2D eigenvalue weighted by atomic mass is 9.96. The third-order valence-corrected chi connectivity index (χ3v) is 22.2. The Morgan fingerprint density at radius 1 is 0.105 bits per heavy atom. The molecule has 0 aliphatic rings. The number of rotatable bonds is 16. The summed E-state index contributed by atoms with van der Waals surface area (Å²) in [5.41, 5.74) is 30.8. The molecule has 0 bridgehead atoms. The predicted octanol–water partition coefficient (Wildman–Crippen LogP) is 31.6. The van der Waals surface area contributed by atoms with Gasteiger partial charge < -0.3 is 9.80 Å². The van der Waals surface area contributed by atoms with Crippen LogP contribution in [0.5, 0.6) is 0 Å². The number of fused-ring (bicyclic) bond motifs is 4. The molecule has 0 aromatic heterocycles. The van der Waals surface area contributed by atoms with Crippen LogP contribution in [-0.2, 0) is 0 Å². The Balaban J connectivity index is 0.000000156. The SMILES string of the molecule is c1ccc(-c2cccc(-c3ccc(N(c4ccc(-c5ccc(-c6cccc7ccccc67)cc5)cc4)c4ccc(-c5ccc(-c6cccc7ccccc67)cc5)cc4)cc3)c2)cc1.c1ccc(-c2cccc(-c3ccc(N(c4ccc(-c5ccc6ccccc6c5)cc4)c4ccc(-c5cccc6ccccc56)cc4)cc3)c2)cc1. The minimum absolute atomic E-state index is 1.09. The van der Waals surface area contributed by atoms with Crippen molar-refractivity contribution in [1.29, 1.82) is 0 Å². The number of hydrogen-bond donors (Lipinski definition) is 0. The molecule has 0 N–H and O–H groups in total. The standard InChI is InChI=1S/C62H43N.C50H35N/c1-2-11-44(12-3-1)54-17-8-18-55(43-54)49-35-41-58(42-36-49)63(56-37-31-47(32-38-56)45-23-27-52(28-24-45)61-21-9-15-50-13-4-6-19-59(50)61)57-39-33-48(34-40-57)46-25-29-53(30-26-46)62-22-10-16-51-14-5-7-20-60(51)62;1-2-10-36(11-3-1)43-16-8-17-44(34-43)38-22-28-46(29-23-38)51(47-30-24-39(25-31-47)45-21-20-37-12-4-5-14-42(37)35-45)48-32-26-41(27-33-48)50-19-9-15-40-13-6-7-18-49(40)50/h1-43H;1-35H. The fraction of sp³-hybridized carbons (Fsp3) is 0. The van der Waals surface area contributed by atoms with Gasteiger partial charge in [0.15, 0.2) is 0 Å². The first-order chi connectivity index (χ1) is 56.5. The number of benzene rings is 20. The second kappa shape index (κ2) is 31.6. The molecular formula is C112H78N2. The van der Waals surface area contributed by atoms with Gasteiger partial charge in [0.2, 0.25) is 0 Å². The van der Waals surface area contributed by atoms with E-state index in [-0.39, 0.29) is 0 Å². The molecule has 0 aliphatic heterocycles. The van der Waals surface area contributed by atoms with E-state index in [0.29, 0.717) is 0 Å². The number of nitrogens with zero attached hydrogens (tertiary/aromatic N) is 2. The molecule has 0 unspecified atom stereocenters. The lowest BCUT2D eigenvalue weighted by Gasteiger charge is -2.26.